The Balaban J connectivity index is 2.29. The van der Waals surface area contributed by atoms with E-state index in [2.05, 4.69) is 50.3 Å². The number of allylic oxidation sites excluding steroid dienone is 6. The summed E-state index contributed by atoms with van der Waals surface area (Å²) in [5.74, 6) is -0.401. The molecule has 3 nitrogen and oxygen atoms in total. The fraction of sp³-hybridized carbons (Fsp3) is 0.750. The van der Waals surface area contributed by atoms with Crippen molar-refractivity contribution in [1.29, 1.82) is 0 Å². The van der Waals surface area contributed by atoms with Crippen LogP contribution in [0.3, 0.4) is 0 Å². The van der Waals surface area contributed by atoms with Crippen molar-refractivity contribution >= 4 is 0 Å². The Hall–Kier alpha value is -0.900. The summed E-state index contributed by atoms with van der Waals surface area (Å²) in [6, 6.07) is 0. The van der Waals surface area contributed by atoms with Crippen molar-refractivity contribution in [3.8, 4) is 0 Å². The molecular weight excluding hydrogens is 336 g/mol. The third-order valence-corrected chi connectivity index (χ3v) is 5.13. The summed E-state index contributed by atoms with van der Waals surface area (Å²) < 4.78 is 12.4. The molecular formula is C24H42O3. The topological polar surface area (TPSA) is 38.7 Å². The van der Waals surface area contributed by atoms with Gasteiger partial charge >= 0.3 is 0 Å². The molecule has 1 N–H and O–H groups in total. The molecule has 0 aromatic heterocycles. The van der Waals surface area contributed by atoms with Crippen molar-refractivity contribution in [2.45, 2.75) is 103 Å². The minimum atomic E-state index is -0.401. The fourth-order valence-corrected chi connectivity index (χ4v) is 3.55. The number of unbranched alkanes of at least 4 members (excludes halogenated alkanes) is 6. The van der Waals surface area contributed by atoms with E-state index in [1.54, 1.807) is 0 Å². The average molecular weight is 379 g/mol. The largest absolute Gasteiger partial charge is 0.396 e. The van der Waals surface area contributed by atoms with Crippen molar-refractivity contribution in [1.82, 2.24) is 0 Å². The van der Waals surface area contributed by atoms with Gasteiger partial charge in [-0.1, -0.05) is 49.3 Å². The van der Waals surface area contributed by atoms with E-state index in [-0.39, 0.29) is 12.7 Å². The van der Waals surface area contributed by atoms with Crippen LogP contribution in [-0.2, 0) is 9.47 Å². The second-order valence-electron chi connectivity index (χ2n) is 7.52. The SMILES string of the molecule is C/C=C\C/C=C\CCCCCC1(CCCCC/C=C\C)OCC(CCO)O1. The van der Waals surface area contributed by atoms with Crippen LogP contribution in [0.2, 0.25) is 0 Å². The van der Waals surface area contributed by atoms with Crippen molar-refractivity contribution < 1.29 is 14.6 Å². The minimum absolute atomic E-state index is 0.0626. The Morgan fingerprint density at radius 1 is 0.852 bits per heavy atom. The minimum Gasteiger partial charge on any atom is -0.396 e. The fourth-order valence-electron chi connectivity index (χ4n) is 3.55. The van der Waals surface area contributed by atoms with Gasteiger partial charge in [0.1, 0.15) is 0 Å². The summed E-state index contributed by atoms with van der Waals surface area (Å²) in [5.41, 5.74) is 0. The van der Waals surface area contributed by atoms with Crippen molar-refractivity contribution in [3.63, 3.8) is 0 Å². The molecule has 156 valence electrons. The Morgan fingerprint density at radius 3 is 2.15 bits per heavy atom. The second-order valence-corrected chi connectivity index (χ2v) is 7.52. The first kappa shape index (κ1) is 24.1. The van der Waals surface area contributed by atoms with Gasteiger partial charge in [-0.15, -0.1) is 0 Å². The average Bonchev–Trinajstić information content (AvgIpc) is 3.07. The van der Waals surface area contributed by atoms with E-state index in [0.717, 1.165) is 38.5 Å². The van der Waals surface area contributed by atoms with Crippen molar-refractivity contribution in [2.75, 3.05) is 13.2 Å². The predicted octanol–water partition coefficient (Wildman–Crippen LogP) is 6.48. The summed E-state index contributed by atoms with van der Waals surface area (Å²) in [5, 5.41) is 9.19. The molecule has 1 aliphatic rings. The Morgan fingerprint density at radius 2 is 1.52 bits per heavy atom. The summed E-state index contributed by atoms with van der Waals surface area (Å²) in [7, 11) is 0. The molecule has 3 heteroatoms. The van der Waals surface area contributed by atoms with Gasteiger partial charge in [-0.2, -0.15) is 0 Å². The Kier molecular flexibility index (Phi) is 14.4. The van der Waals surface area contributed by atoms with Crippen molar-refractivity contribution in [2.24, 2.45) is 0 Å². The number of hydrogen-bond acceptors (Lipinski definition) is 3. The first-order valence-corrected chi connectivity index (χ1v) is 11.1. The van der Waals surface area contributed by atoms with Gasteiger partial charge in [0.05, 0.1) is 12.7 Å². The van der Waals surface area contributed by atoms with Crippen LogP contribution in [0.4, 0.5) is 0 Å². The zero-order valence-electron chi connectivity index (χ0n) is 17.7. The molecule has 2 atom stereocenters. The first-order valence-electron chi connectivity index (χ1n) is 11.1. The maximum absolute atomic E-state index is 9.19. The molecule has 0 spiro atoms. The van der Waals surface area contributed by atoms with Gasteiger partial charge in [0.25, 0.3) is 0 Å². The van der Waals surface area contributed by atoms with Crippen LogP contribution in [0.5, 0.6) is 0 Å². The molecule has 1 aliphatic heterocycles. The van der Waals surface area contributed by atoms with Crippen LogP contribution in [-0.4, -0.2) is 30.2 Å². The normalized spacial score (nSPS) is 23.4. The Labute approximate surface area is 167 Å². The zero-order valence-corrected chi connectivity index (χ0v) is 17.7. The third kappa shape index (κ3) is 11.5. The van der Waals surface area contributed by atoms with Crippen LogP contribution in [0.1, 0.15) is 90.9 Å². The molecule has 0 amide bonds. The molecule has 2 unspecified atom stereocenters. The van der Waals surface area contributed by atoms with Gasteiger partial charge in [0.15, 0.2) is 5.79 Å². The maximum Gasteiger partial charge on any atom is 0.168 e. The summed E-state index contributed by atoms with van der Waals surface area (Å²) in [6.07, 6.45) is 26.4. The van der Waals surface area contributed by atoms with Crippen molar-refractivity contribution in [3.05, 3.63) is 36.5 Å². The first-order chi connectivity index (χ1) is 13.3. The molecule has 0 radical (unpaired) electrons. The molecule has 0 aromatic rings. The monoisotopic (exact) mass is 378 g/mol. The molecule has 0 bridgehead atoms. The highest BCUT2D eigenvalue weighted by Gasteiger charge is 2.40. The van der Waals surface area contributed by atoms with Gasteiger partial charge in [-0.05, 0) is 65.2 Å². The second kappa shape index (κ2) is 16.1. The predicted molar refractivity (Wildman–Crippen MR) is 115 cm³/mol. The maximum atomic E-state index is 9.19. The van der Waals surface area contributed by atoms with Crippen LogP contribution < -0.4 is 0 Å². The van der Waals surface area contributed by atoms with E-state index in [1.165, 1.54) is 32.1 Å². The lowest BCUT2D eigenvalue weighted by atomic mass is 9.99. The van der Waals surface area contributed by atoms with E-state index in [1.807, 2.05) is 0 Å². The van der Waals surface area contributed by atoms with E-state index in [9.17, 15) is 5.11 Å². The Bertz CT molecular complexity index is 427. The highest BCUT2D eigenvalue weighted by atomic mass is 16.7. The van der Waals surface area contributed by atoms with Gasteiger partial charge in [-0.25, -0.2) is 0 Å². The number of hydrogen-bond donors (Lipinski definition) is 1. The molecule has 1 heterocycles. The van der Waals surface area contributed by atoms with Crippen LogP contribution in [0.15, 0.2) is 36.5 Å². The van der Waals surface area contributed by atoms with Gasteiger partial charge in [-0.3, -0.25) is 0 Å². The lowest BCUT2D eigenvalue weighted by Gasteiger charge is -2.28. The lowest BCUT2D eigenvalue weighted by Crippen LogP contribution is -2.31. The lowest BCUT2D eigenvalue weighted by molar-refractivity contribution is -0.180. The summed E-state index contributed by atoms with van der Waals surface area (Å²) in [4.78, 5) is 0. The van der Waals surface area contributed by atoms with Crippen LogP contribution in [0, 0.1) is 0 Å². The molecule has 1 fully saturated rings. The molecule has 27 heavy (non-hydrogen) atoms. The number of ether oxygens (including phenoxy) is 2. The smallest absolute Gasteiger partial charge is 0.168 e. The van der Waals surface area contributed by atoms with Crippen LogP contribution >= 0.6 is 0 Å². The van der Waals surface area contributed by atoms with Crippen LogP contribution in [0.25, 0.3) is 0 Å². The zero-order chi connectivity index (χ0) is 19.6. The third-order valence-electron chi connectivity index (χ3n) is 5.13. The molecule has 0 aromatic carbocycles. The standard InChI is InChI=1S/C24H42O3/c1-3-5-7-9-11-12-13-15-17-20-24(19-16-14-10-8-6-4-2)26-22-23(27-24)18-21-25/h3-6,9,11,23,25H,7-8,10,12-22H2,1-2H3/b5-3-,6-4-,11-9-. The van der Waals surface area contributed by atoms with E-state index < -0.39 is 5.79 Å². The number of aliphatic hydroxyl groups excluding tert-OH is 1. The van der Waals surface area contributed by atoms with E-state index in [4.69, 9.17) is 9.47 Å². The molecule has 0 saturated carbocycles. The van der Waals surface area contributed by atoms with Gasteiger partial charge < -0.3 is 14.6 Å². The molecule has 1 rings (SSSR count). The number of rotatable bonds is 16. The molecule has 1 saturated heterocycles. The highest BCUT2D eigenvalue weighted by Crippen LogP contribution is 2.35. The highest BCUT2D eigenvalue weighted by molar-refractivity contribution is 4.91. The summed E-state index contributed by atoms with van der Waals surface area (Å²) >= 11 is 0. The van der Waals surface area contributed by atoms with E-state index in [0.29, 0.717) is 13.0 Å². The number of aliphatic hydroxyl groups is 1. The van der Waals surface area contributed by atoms with Gasteiger partial charge in [0.2, 0.25) is 0 Å². The quantitative estimate of drug-likeness (QED) is 0.247. The van der Waals surface area contributed by atoms with E-state index >= 15 is 0 Å². The van der Waals surface area contributed by atoms with Gasteiger partial charge in [0, 0.05) is 19.4 Å². The molecule has 0 aliphatic carbocycles. The summed E-state index contributed by atoms with van der Waals surface area (Å²) in [6.45, 7) is 4.94.